The Balaban J connectivity index is 2.04. The highest BCUT2D eigenvalue weighted by Gasteiger charge is 2.33. The molecule has 8 heteroatoms. The normalized spacial score (nSPS) is 17.3. The lowest BCUT2D eigenvalue weighted by atomic mass is 9.77. The topological polar surface area (TPSA) is 81.1 Å². The Kier molecular flexibility index (Phi) is 5.39. The van der Waals surface area contributed by atoms with E-state index in [1.54, 1.807) is 18.3 Å². The predicted molar refractivity (Wildman–Crippen MR) is 82.6 cm³/mol. The third kappa shape index (κ3) is 4.19. The summed E-state index contributed by atoms with van der Waals surface area (Å²) in [6, 6.07) is 3.42. The second-order valence-corrected chi connectivity index (χ2v) is 5.99. The number of ether oxygens (including phenoxy) is 1. The molecule has 0 radical (unpaired) electrons. The molecule has 1 aromatic rings. The Bertz CT molecular complexity index is 498. The minimum absolute atomic E-state index is 0.00410. The van der Waals surface area contributed by atoms with Crippen LogP contribution in [0.3, 0.4) is 0 Å². The molecule has 1 aliphatic rings. The van der Waals surface area contributed by atoms with E-state index in [1.165, 1.54) is 7.11 Å². The largest absolute Gasteiger partial charge is 0.495 e. The SMILES string of the molecule is COCCN(C(=O)O)c1ccc(B2OCC(C)(C)CO2)cn1. The molecule has 22 heavy (non-hydrogen) atoms. The molecule has 0 aromatic carbocycles. The molecule has 0 spiro atoms. The number of anilines is 1. The predicted octanol–water partition coefficient (Wildman–Crippen LogP) is 0.981. The lowest BCUT2D eigenvalue weighted by Gasteiger charge is -2.33. The zero-order chi connectivity index (χ0) is 16.2. The van der Waals surface area contributed by atoms with Gasteiger partial charge in [-0.3, -0.25) is 4.90 Å². The van der Waals surface area contributed by atoms with E-state index in [0.717, 1.165) is 10.4 Å². The molecule has 1 N–H and O–H groups in total. The summed E-state index contributed by atoms with van der Waals surface area (Å²) in [6.07, 6.45) is 0.519. The first kappa shape index (κ1) is 16.7. The van der Waals surface area contributed by atoms with Gasteiger partial charge in [-0.05, 0) is 6.07 Å². The van der Waals surface area contributed by atoms with Crippen LogP contribution in [0.1, 0.15) is 13.8 Å². The van der Waals surface area contributed by atoms with E-state index in [4.69, 9.17) is 14.0 Å². The van der Waals surface area contributed by atoms with Gasteiger partial charge in [0.15, 0.2) is 0 Å². The molecular weight excluding hydrogens is 287 g/mol. The van der Waals surface area contributed by atoms with Crippen molar-refractivity contribution in [2.75, 3.05) is 38.4 Å². The number of amides is 1. The summed E-state index contributed by atoms with van der Waals surface area (Å²) in [7, 11) is 1.07. The molecule has 7 nitrogen and oxygen atoms in total. The van der Waals surface area contributed by atoms with Gasteiger partial charge in [0.2, 0.25) is 0 Å². The van der Waals surface area contributed by atoms with Gasteiger partial charge in [-0.1, -0.05) is 19.9 Å². The van der Waals surface area contributed by atoms with Gasteiger partial charge < -0.3 is 19.2 Å². The maximum Gasteiger partial charge on any atom is 0.495 e. The summed E-state index contributed by atoms with van der Waals surface area (Å²) < 4.78 is 16.3. The van der Waals surface area contributed by atoms with Crippen molar-refractivity contribution >= 4 is 24.5 Å². The van der Waals surface area contributed by atoms with Crippen molar-refractivity contribution in [3.8, 4) is 0 Å². The molecule has 0 atom stereocenters. The van der Waals surface area contributed by atoms with Crippen molar-refractivity contribution in [2.45, 2.75) is 13.8 Å². The van der Waals surface area contributed by atoms with Crippen LogP contribution in [0.2, 0.25) is 0 Å². The van der Waals surface area contributed by atoms with Gasteiger partial charge in [0.1, 0.15) is 5.82 Å². The minimum atomic E-state index is -1.07. The highest BCUT2D eigenvalue weighted by atomic mass is 16.6. The molecular formula is C14H21BN2O5. The third-order valence-corrected chi connectivity index (χ3v) is 3.32. The van der Waals surface area contributed by atoms with Crippen LogP contribution < -0.4 is 10.4 Å². The molecule has 0 aliphatic carbocycles. The van der Waals surface area contributed by atoms with Gasteiger partial charge in [-0.2, -0.15) is 0 Å². The lowest BCUT2D eigenvalue weighted by molar-refractivity contribution is 0.0343. The summed E-state index contributed by atoms with van der Waals surface area (Å²) in [5, 5.41) is 9.21. The fraction of sp³-hybridized carbons (Fsp3) is 0.571. The van der Waals surface area contributed by atoms with Crippen molar-refractivity contribution in [3.63, 3.8) is 0 Å². The van der Waals surface area contributed by atoms with Crippen LogP contribution >= 0.6 is 0 Å². The second kappa shape index (κ2) is 7.08. The Labute approximate surface area is 130 Å². The van der Waals surface area contributed by atoms with E-state index in [-0.39, 0.29) is 12.0 Å². The van der Waals surface area contributed by atoms with Gasteiger partial charge >= 0.3 is 13.2 Å². The van der Waals surface area contributed by atoms with E-state index in [2.05, 4.69) is 18.8 Å². The van der Waals surface area contributed by atoms with Crippen molar-refractivity contribution in [2.24, 2.45) is 5.41 Å². The number of hydrogen-bond donors (Lipinski definition) is 1. The van der Waals surface area contributed by atoms with Crippen LogP contribution in [0.25, 0.3) is 0 Å². The molecule has 0 bridgehead atoms. The molecule has 2 rings (SSSR count). The number of rotatable bonds is 5. The van der Waals surface area contributed by atoms with Crippen molar-refractivity contribution in [1.82, 2.24) is 4.98 Å². The van der Waals surface area contributed by atoms with Gasteiger partial charge in [0.25, 0.3) is 0 Å². The molecule has 1 amide bonds. The smallest absolute Gasteiger partial charge is 0.465 e. The number of aromatic nitrogens is 1. The third-order valence-electron chi connectivity index (χ3n) is 3.32. The highest BCUT2D eigenvalue weighted by molar-refractivity contribution is 6.61. The first-order chi connectivity index (χ1) is 10.4. The first-order valence-electron chi connectivity index (χ1n) is 7.11. The van der Waals surface area contributed by atoms with E-state index < -0.39 is 13.2 Å². The van der Waals surface area contributed by atoms with Gasteiger partial charge in [-0.25, -0.2) is 9.78 Å². The number of hydrogen-bond acceptors (Lipinski definition) is 5. The first-order valence-corrected chi connectivity index (χ1v) is 7.11. The molecule has 1 aromatic heterocycles. The van der Waals surface area contributed by atoms with Gasteiger partial charge in [-0.15, -0.1) is 0 Å². The fourth-order valence-corrected chi connectivity index (χ4v) is 2.07. The van der Waals surface area contributed by atoms with Crippen molar-refractivity contribution < 1.29 is 23.9 Å². The van der Waals surface area contributed by atoms with Crippen LogP contribution in [0, 0.1) is 5.41 Å². The lowest BCUT2D eigenvalue weighted by Crippen LogP contribution is -2.47. The molecule has 1 fully saturated rings. The Morgan fingerprint density at radius 1 is 1.45 bits per heavy atom. The van der Waals surface area contributed by atoms with Gasteiger partial charge in [0.05, 0.1) is 13.2 Å². The molecule has 0 unspecified atom stereocenters. The minimum Gasteiger partial charge on any atom is -0.465 e. The maximum absolute atomic E-state index is 11.2. The fourth-order valence-electron chi connectivity index (χ4n) is 2.07. The van der Waals surface area contributed by atoms with Crippen molar-refractivity contribution in [1.29, 1.82) is 0 Å². The number of carboxylic acid groups (broad SMARTS) is 1. The number of carbonyl (C=O) groups is 1. The van der Waals surface area contributed by atoms with E-state index >= 15 is 0 Å². The summed E-state index contributed by atoms with van der Waals surface area (Å²) in [6.45, 7) is 5.89. The molecule has 0 saturated carbocycles. The van der Waals surface area contributed by atoms with E-state index in [1.807, 2.05) is 0 Å². The van der Waals surface area contributed by atoms with Crippen LogP contribution in [-0.2, 0) is 14.0 Å². The summed E-state index contributed by atoms with van der Waals surface area (Å²) in [5.74, 6) is 0.351. The molecule has 120 valence electrons. The molecule has 1 saturated heterocycles. The molecule has 1 aliphatic heterocycles. The highest BCUT2D eigenvalue weighted by Crippen LogP contribution is 2.21. The van der Waals surface area contributed by atoms with Crippen LogP contribution in [0.4, 0.5) is 10.6 Å². The Morgan fingerprint density at radius 3 is 2.64 bits per heavy atom. The second-order valence-electron chi connectivity index (χ2n) is 5.99. The van der Waals surface area contributed by atoms with Crippen LogP contribution in [-0.4, -0.2) is 56.8 Å². The average molecular weight is 308 g/mol. The summed E-state index contributed by atoms with van der Waals surface area (Å²) >= 11 is 0. The van der Waals surface area contributed by atoms with Gasteiger partial charge in [0, 0.05) is 37.4 Å². The zero-order valence-corrected chi connectivity index (χ0v) is 13.1. The summed E-state index contributed by atoms with van der Waals surface area (Å²) in [4.78, 5) is 16.6. The average Bonchev–Trinajstić information content (AvgIpc) is 2.48. The quantitative estimate of drug-likeness (QED) is 0.817. The zero-order valence-electron chi connectivity index (χ0n) is 13.1. The standard InChI is InChI=1S/C14H21BN2O5/c1-14(2)9-21-15(22-10-14)11-4-5-12(16-8-11)17(13(18)19)6-7-20-3/h4-5,8H,6-7,9-10H2,1-3H3,(H,18,19). The number of nitrogens with zero attached hydrogens (tertiary/aromatic N) is 2. The number of pyridine rings is 1. The molecule has 2 heterocycles. The van der Waals surface area contributed by atoms with Crippen molar-refractivity contribution in [3.05, 3.63) is 18.3 Å². The van der Waals surface area contributed by atoms with E-state index in [0.29, 0.717) is 25.6 Å². The summed E-state index contributed by atoms with van der Waals surface area (Å²) in [5.41, 5.74) is 0.778. The van der Waals surface area contributed by atoms with Crippen LogP contribution in [0.15, 0.2) is 18.3 Å². The monoisotopic (exact) mass is 308 g/mol. The Morgan fingerprint density at radius 2 is 2.14 bits per heavy atom. The van der Waals surface area contributed by atoms with E-state index in [9.17, 15) is 9.90 Å². The maximum atomic E-state index is 11.2. The van der Waals surface area contributed by atoms with Crippen LogP contribution in [0.5, 0.6) is 0 Å². The Hall–Kier alpha value is -1.64. The number of methoxy groups -OCH3 is 1.